The Morgan fingerprint density at radius 2 is 2.00 bits per heavy atom. The number of hydrogen-bond donors (Lipinski definition) is 1. The first-order valence-corrected chi connectivity index (χ1v) is 7.32. The fourth-order valence-electron chi connectivity index (χ4n) is 2.60. The Bertz CT molecular complexity index is 677. The van der Waals surface area contributed by atoms with Gasteiger partial charge in [-0.25, -0.2) is 0 Å². The quantitative estimate of drug-likeness (QED) is 0.869. The fraction of sp³-hybridized carbons (Fsp3) is 0.278. The van der Waals surface area contributed by atoms with Gasteiger partial charge in [-0.2, -0.15) is 0 Å². The van der Waals surface area contributed by atoms with Crippen molar-refractivity contribution in [1.29, 1.82) is 0 Å². The molecular weight excluding hydrogens is 262 g/mol. The zero-order valence-corrected chi connectivity index (χ0v) is 12.3. The van der Waals surface area contributed by atoms with Gasteiger partial charge in [-0.15, -0.1) is 0 Å². The highest BCUT2D eigenvalue weighted by Gasteiger charge is 2.18. The molecule has 2 aromatic rings. The van der Waals surface area contributed by atoms with E-state index in [9.17, 15) is 4.79 Å². The van der Waals surface area contributed by atoms with Gasteiger partial charge in [0.25, 0.3) is 0 Å². The van der Waals surface area contributed by atoms with Crippen LogP contribution >= 0.6 is 0 Å². The Morgan fingerprint density at radius 1 is 1.19 bits per heavy atom. The molecule has 0 saturated heterocycles. The summed E-state index contributed by atoms with van der Waals surface area (Å²) in [6.45, 7) is 4.86. The van der Waals surface area contributed by atoms with Crippen LogP contribution in [0.15, 0.2) is 42.5 Å². The summed E-state index contributed by atoms with van der Waals surface area (Å²) in [6, 6.07) is 13.3. The van der Waals surface area contributed by atoms with E-state index in [2.05, 4.69) is 5.32 Å². The first kappa shape index (κ1) is 13.7. The number of carbonyl (C=O) groups excluding carboxylic acids is 1. The molecule has 0 saturated carbocycles. The Labute approximate surface area is 124 Å². The first-order chi connectivity index (χ1) is 10.1. The van der Waals surface area contributed by atoms with Crippen LogP contribution in [-0.2, 0) is 6.42 Å². The van der Waals surface area contributed by atoms with Crippen LogP contribution in [0.5, 0.6) is 5.75 Å². The molecule has 2 aromatic carbocycles. The molecule has 108 valence electrons. The van der Waals surface area contributed by atoms with Crippen molar-refractivity contribution in [2.45, 2.75) is 26.4 Å². The lowest BCUT2D eigenvalue weighted by Gasteiger charge is -2.13. The summed E-state index contributed by atoms with van der Waals surface area (Å²) >= 11 is 0. The Kier molecular flexibility index (Phi) is 3.65. The van der Waals surface area contributed by atoms with E-state index in [1.54, 1.807) is 0 Å². The van der Waals surface area contributed by atoms with Crippen molar-refractivity contribution in [2.75, 3.05) is 11.9 Å². The van der Waals surface area contributed by atoms with Gasteiger partial charge in [0.05, 0.1) is 11.7 Å². The van der Waals surface area contributed by atoms with E-state index >= 15 is 0 Å². The zero-order valence-electron chi connectivity index (χ0n) is 12.3. The van der Waals surface area contributed by atoms with Gasteiger partial charge in [0.15, 0.2) is 5.78 Å². The fourth-order valence-corrected chi connectivity index (χ4v) is 2.60. The van der Waals surface area contributed by atoms with Crippen molar-refractivity contribution in [3.8, 4) is 5.75 Å². The normalized spacial score (nSPS) is 12.9. The first-order valence-electron chi connectivity index (χ1n) is 7.32. The highest BCUT2D eigenvalue weighted by molar-refractivity contribution is 6.11. The third-order valence-electron chi connectivity index (χ3n) is 3.58. The maximum Gasteiger partial charge on any atom is 0.196 e. The molecule has 0 aliphatic carbocycles. The third-order valence-corrected chi connectivity index (χ3v) is 3.58. The molecule has 0 amide bonds. The van der Waals surface area contributed by atoms with E-state index < -0.39 is 0 Å². The molecule has 21 heavy (non-hydrogen) atoms. The summed E-state index contributed by atoms with van der Waals surface area (Å²) in [4.78, 5) is 12.7. The van der Waals surface area contributed by atoms with E-state index in [0.717, 1.165) is 18.7 Å². The number of nitrogens with one attached hydrogen (secondary N) is 1. The second-order valence-electron chi connectivity index (χ2n) is 5.54. The third kappa shape index (κ3) is 2.77. The summed E-state index contributed by atoms with van der Waals surface area (Å²) in [5, 5.41) is 3.31. The van der Waals surface area contributed by atoms with Crippen molar-refractivity contribution < 1.29 is 9.53 Å². The maximum absolute atomic E-state index is 12.7. The molecule has 1 aliphatic rings. The Morgan fingerprint density at radius 3 is 2.81 bits per heavy atom. The van der Waals surface area contributed by atoms with Crippen LogP contribution < -0.4 is 10.1 Å². The van der Waals surface area contributed by atoms with Gasteiger partial charge in [0, 0.05) is 17.8 Å². The van der Waals surface area contributed by atoms with Gasteiger partial charge >= 0.3 is 0 Å². The van der Waals surface area contributed by atoms with Crippen LogP contribution in [0, 0.1) is 0 Å². The van der Waals surface area contributed by atoms with E-state index in [1.165, 1.54) is 5.56 Å². The molecule has 3 nitrogen and oxygen atoms in total. The summed E-state index contributed by atoms with van der Waals surface area (Å²) in [5.74, 6) is 0.647. The number of para-hydroxylation sites is 1. The number of anilines is 1. The van der Waals surface area contributed by atoms with E-state index in [4.69, 9.17) is 4.74 Å². The molecular formula is C18H19NO2. The zero-order chi connectivity index (χ0) is 14.8. The van der Waals surface area contributed by atoms with E-state index in [0.29, 0.717) is 16.9 Å². The predicted molar refractivity (Wildman–Crippen MR) is 84.3 cm³/mol. The molecule has 0 fully saturated rings. The second kappa shape index (κ2) is 5.60. The lowest BCUT2D eigenvalue weighted by atomic mass is 10.00. The molecule has 0 bridgehead atoms. The Balaban J connectivity index is 1.95. The number of carbonyl (C=O) groups is 1. The van der Waals surface area contributed by atoms with Gasteiger partial charge in [0.1, 0.15) is 5.75 Å². The van der Waals surface area contributed by atoms with E-state index in [-0.39, 0.29) is 11.9 Å². The molecule has 3 heteroatoms. The minimum atomic E-state index is 0.00255. The van der Waals surface area contributed by atoms with Crippen LogP contribution in [0.3, 0.4) is 0 Å². The van der Waals surface area contributed by atoms with Gasteiger partial charge in [0.2, 0.25) is 0 Å². The van der Waals surface area contributed by atoms with Gasteiger partial charge in [-0.05, 0) is 44.0 Å². The van der Waals surface area contributed by atoms with Gasteiger partial charge in [-0.3, -0.25) is 4.79 Å². The van der Waals surface area contributed by atoms with Crippen LogP contribution in [0.4, 0.5) is 5.69 Å². The van der Waals surface area contributed by atoms with Gasteiger partial charge in [-0.1, -0.05) is 24.3 Å². The van der Waals surface area contributed by atoms with Crippen molar-refractivity contribution in [1.82, 2.24) is 0 Å². The molecule has 0 spiro atoms. The number of hydrogen-bond acceptors (Lipinski definition) is 3. The molecule has 1 N–H and O–H groups in total. The monoisotopic (exact) mass is 281 g/mol. The second-order valence-corrected chi connectivity index (χ2v) is 5.54. The molecule has 3 rings (SSSR count). The maximum atomic E-state index is 12.7. The minimum Gasteiger partial charge on any atom is -0.490 e. The molecule has 0 atom stereocenters. The van der Waals surface area contributed by atoms with Gasteiger partial charge < -0.3 is 10.1 Å². The van der Waals surface area contributed by atoms with Crippen LogP contribution in [0.25, 0.3) is 0 Å². The lowest BCUT2D eigenvalue weighted by Crippen LogP contribution is -2.10. The SMILES string of the molecule is CC(C)Oc1ccccc1C(=O)c1ccc2c(c1)NCC2. The molecule has 0 unspecified atom stereocenters. The number of rotatable bonds is 4. The topological polar surface area (TPSA) is 38.3 Å². The predicted octanol–water partition coefficient (Wildman–Crippen LogP) is 3.67. The summed E-state index contributed by atoms with van der Waals surface area (Å²) in [7, 11) is 0. The van der Waals surface area contributed by atoms with Crippen LogP contribution in [-0.4, -0.2) is 18.4 Å². The van der Waals surface area contributed by atoms with Crippen molar-refractivity contribution in [3.63, 3.8) is 0 Å². The standard InChI is InChI=1S/C18H19NO2/c1-12(2)21-17-6-4-3-5-15(17)18(20)14-8-7-13-9-10-19-16(13)11-14/h3-8,11-12,19H,9-10H2,1-2H3. The molecule has 1 aliphatic heterocycles. The van der Waals surface area contributed by atoms with Crippen molar-refractivity contribution in [3.05, 3.63) is 59.2 Å². The van der Waals surface area contributed by atoms with Crippen molar-refractivity contribution >= 4 is 11.5 Å². The number of fused-ring (bicyclic) bond motifs is 1. The average molecular weight is 281 g/mol. The molecule has 0 radical (unpaired) electrons. The van der Waals surface area contributed by atoms with E-state index in [1.807, 2.05) is 56.3 Å². The van der Waals surface area contributed by atoms with Crippen LogP contribution in [0.2, 0.25) is 0 Å². The largest absolute Gasteiger partial charge is 0.490 e. The lowest BCUT2D eigenvalue weighted by molar-refractivity contribution is 0.103. The highest BCUT2D eigenvalue weighted by atomic mass is 16.5. The summed E-state index contributed by atoms with van der Waals surface area (Å²) < 4.78 is 5.74. The smallest absolute Gasteiger partial charge is 0.196 e. The minimum absolute atomic E-state index is 0.00255. The number of benzene rings is 2. The highest BCUT2D eigenvalue weighted by Crippen LogP contribution is 2.27. The average Bonchev–Trinajstić information content (AvgIpc) is 2.94. The summed E-state index contributed by atoms with van der Waals surface area (Å²) in [5.41, 5.74) is 3.66. The number of ketones is 1. The van der Waals surface area contributed by atoms with Crippen LogP contribution in [0.1, 0.15) is 35.3 Å². The Hall–Kier alpha value is -2.29. The molecule has 0 aromatic heterocycles. The summed E-state index contributed by atoms with van der Waals surface area (Å²) in [6.07, 6.45) is 1.07. The molecule has 1 heterocycles. The van der Waals surface area contributed by atoms with Crippen molar-refractivity contribution in [2.24, 2.45) is 0 Å². The number of ether oxygens (including phenoxy) is 1.